The molecule has 0 amide bonds. The highest BCUT2D eigenvalue weighted by molar-refractivity contribution is 5.11. The molecule has 16 heavy (non-hydrogen) atoms. The fourth-order valence-corrected chi connectivity index (χ4v) is 2.70. The van der Waals surface area contributed by atoms with Crippen molar-refractivity contribution in [1.29, 1.82) is 0 Å². The molecule has 0 nitrogen and oxygen atoms in total. The molecule has 1 rings (SSSR count). The molecular weight excluding hydrogens is 192 g/mol. The summed E-state index contributed by atoms with van der Waals surface area (Å²) in [6.07, 6.45) is 9.53. The van der Waals surface area contributed by atoms with E-state index in [-0.39, 0.29) is 0 Å². The summed E-state index contributed by atoms with van der Waals surface area (Å²) in [6.45, 7) is 11.7. The molecule has 0 aromatic rings. The second kappa shape index (κ2) is 6.47. The van der Waals surface area contributed by atoms with E-state index >= 15 is 0 Å². The van der Waals surface area contributed by atoms with Crippen LogP contribution < -0.4 is 0 Å². The normalized spacial score (nSPS) is 28.9. The summed E-state index contributed by atoms with van der Waals surface area (Å²) < 4.78 is 0. The van der Waals surface area contributed by atoms with Gasteiger partial charge in [-0.2, -0.15) is 0 Å². The minimum absolute atomic E-state index is 0.786. The molecule has 0 radical (unpaired) electrons. The quantitative estimate of drug-likeness (QED) is 0.503. The van der Waals surface area contributed by atoms with E-state index in [0.29, 0.717) is 0 Å². The lowest BCUT2D eigenvalue weighted by molar-refractivity contribution is 0.450. The van der Waals surface area contributed by atoms with Crippen LogP contribution in [-0.2, 0) is 0 Å². The van der Waals surface area contributed by atoms with E-state index in [4.69, 9.17) is 0 Å². The topological polar surface area (TPSA) is 0 Å². The van der Waals surface area contributed by atoms with Crippen molar-refractivity contribution in [2.45, 2.75) is 66.7 Å². The highest BCUT2D eigenvalue weighted by Gasteiger charge is 2.35. The Kier molecular flexibility index (Phi) is 5.58. The summed E-state index contributed by atoms with van der Waals surface area (Å²) in [5, 5.41) is 0. The number of rotatable bonds is 7. The molecule has 0 bridgehead atoms. The fraction of sp³-hybridized carbons (Fsp3) is 0.875. The van der Waals surface area contributed by atoms with Crippen molar-refractivity contribution in [3.05, 3.63) is 11.6 Å². The van der Waals surface area contributed by atoms with Crippen molar-refractivity contribution in [3.63, 3.8) is 0 Å². The summed E-state index contributed by atoms with van der Waals surface area (Å²) >= 11 is 0. The lowest BCUT2D eigenvalue weighted by Gasteiger charge is -2.10. The highest BCUT2D eigenvalue weighted by atomic mass is 14.4. The predicted molar refractivity (Wildman–Crippen MR) is 73.5 cm³/mol. The van der Waals surface area contributed by atoms with E-state index in [1.165, 1.54) is 32.1 Å². The average Bonchev–Trinajstić information content (AvgIpc) is 2.95. The van der Waals surface area contributed by atoms with E-state index in [2.05, 4.69) is 40.7 Å². The van der Waals surface area contributed by atoms with Crippen molar-refractivity contribution < 1.29 is 0 Å². The van der Waals surface area contributed by atoms with Crippen LogP contribution in [0.2, 0.25) is 0 Å². The zero-order chi connectivity index (χ0) is 12.1. The number of hydrogen-bond donors (Lipinski definition) is 0. The van der Waals surface area contributed by atoms with Gasteiger partial charge in [-0.3, -0.25) is 0 Å². The molecule has 94 valence electrons. The second-order valence-electron chi connectivity index (χ2n) is 6.01. The zero-order valence-electron chi connectivity index (χ0n) is 11.9. The molecule has 0 spiro atoms. The average molecular weight is 222 g/mol. The Labute approximate surface area is 103 Å². The summed E-state index contributed by atoms with van der Waals surface area (Å²) in [6, 6.07) is 0. The van der Waals surface area contributed by atoms with Crippen LogP contribution in [0.15, 0.2) is 11.6 Å². The van der Waals surface area contributed by atoms with Crippen molar-refractivity contribution >= 4 is 0 Å². The van der Waals surface area contributed by atoms with Gasteiger partial charge in [-0.05, 0) is 49.9 Å². The molecule has 0 heteroatoms. The molecule has 0 aliphatic heterocycles. The van der Waals surface area contributed by atoms with Crippen molar-refractivity contribution in [2.75, 3.05) is 0 Å². The highest BCUT2D eigenvalue weighted by Crippen LogP contribution is 2.45. The van der Waals surface area contributed by atoms with Crippen LogP contribution in [0.1, 0.15) is 66.7 Å². The van der Waals surface area contributed by atoms with Gasteiger partial charge in [0.25, 0.3) is 0 Å². The van der Waals surface area contributed by atoms with Gasteiger partial charge in [0.2, 0.25) is 0 Å². The van der Waals surface area contributed by atoms with Crippen molar-refractivity contribution in [2.24, 2.45) is 23.7 Å². The molecule has 0 N–H and O–H groups in total. The monoisotopic (exact) mass is 222 g/mol. The maximum Gasteiger partial charge on any atom is -0.0199 e. The van der Waals surface area contributed by atoms with Crippen LogP contribution in [0.4, 0.5) is 0 Å². The van der Waals surface area contributed by atoms with Crippen LogP contribution in [0.3, 0.4) is 0 Å². The van der Waals surface area contributed by atoms with Gasteiger partial charge in [-0.15, -0.1) is 0 Å². The minimum Gasteiger partial charge on any atom is -0.0819 e. The molecule has 1 aliphatic carbocycles. The van der Waals surface area contributed by atoms with Gasteiger partial charge in [-0.25, -0.2) is 0 Å². The molecule has 0 heterocycles. The maximum absolute atomic E-state index is 2.57. The largest absolute Gasteiger partial charge is 0.0819 e. The first kappa shape index (κ1) is 13.8. The first-order valence-corrected chi connectivity index (χ1v) is 7.26. The van der Waals surface area contributed by atoms with Crippen LogP contribution in [0.25, 0.3) is 0 Å². The number of hydrogen-bond acceptors (Lipinski definition) is 0. The minimum atomic E-state index is 0.786. The SMILES string of the molecule is CCCC(C)CC1CC1C=C(C)C(C)CC. The molecule has 1 aliphatic rings. The summed E-state index contributed by atoms with van der Waals surface area (Å²) in [5.41, 5.74) is 1.62. The Balaban J connectivity index is 2.28. The Hall–Kier alpha value is -0.260. The third-order valence-electron chi connectivity index (χ3n) is 4.33. The summed E-state index contributed by atoms with van der Waals surface area (Å²) in [5.74, 6) is 3.67. The molecule has 0 aromatic heterocycles. The van der Waals surface area contributed by atoms with Crippen LogP contribution in [-0.4, -0.2) is 0 Å². The van der Waals surface area contributed by atoms with Crippen molar-refractivity contribution in [1.82, 2.24) is 0 Å². The van der Waals surface area contributed by atoms with Gasteiger partial charge >= 0.3 is 0 Å². The smallest absolute Gasteiger partial charge is 0.0199 e. The maximum atomic E-state index is 2.57. The molecular formula is C16H30. The Morgan fingerprint density at radius 1 is 1.31 bits per heavy atom. The Morgan fingerprint density at radius 2 is 2.00 bits per heavy atom. The second-order valence-corrected chi connectivity index (χ2v) is 6.01. The Morgan fingerprint density at radius 3 is 2.56 bits per heavy atom. The van der Waals surface area contributed by atoms with Crippen LogP contribution in [0.5, 0.6) is 0 Å². The number of allylic oxidation sites excluding steroid dienone is 2. The van der Waals surface area contributed by atoms with Gasteiger partial charge in [0.1, 0.15) is 0 Å². The first-order valence-electron chi connectivity index (χ1n) is 7.26. The van der Waals surface area contributed by atoms with E-state index < -0.39 is 0 Å². The molecule has 4 unspecified atom stereocenters. The molecule has 1 saturated carbocycles. The van der Waals surface area contributed by atoms with Crippen molar-refractivity contribution in [3.8, 4) is 0 Å². The van der Waals surface area contributed by atoms with Gasteiger partial charge in [0.15, 0.2) is 0 Å². The first-order chi connectivity index (χ1) is 7.58. The van der Waals surface area contributed by atoms with Gasteiger partial charge < -0.3 is 0 Å². The lowest BCUT2D eigenvalue weighted by atomic mass is 9.96. The third-order valence-corrected chi connectivity index (χ3v) is 4.33. The molecule has 1 fully saturated rings. The Bertz CT molecular complexity index is 226. The summed E-state index contributed by atoms with van der Waals surface area (Å²) in [4.78, 5) is 0. The van der Waals surface area contributed by atoms with E-state index in [0.717, 1.165) is 23.7 Å². The van der Waals surface area contributed by atoms with Gasteiger partial charge in [-0.1, -0.05) is 52.2 Å². The van der Waals surface area contributed by atoms with Gasteiger partial charge in [0.05, 0.1) is 0 Å². The van der Waals surface area contributed by atoms with E-state index in [1.807, 2.05) is 0 Å². The van der Waals surface area contributed by atoms with Crippen LogP contribution >= 0.6 is 0 Å². The van der Waals surface area contributed by atoms with Crippen LogP contribution in [0, 0.1) is 23.7 Å². The lowest BCUT2D eigenvalue weighted by Crippen LogP contribution is -1.97. The molecule has 0 saturated heterocycles. The van der Waals surface area contributed by atoms with Gasteiger partial charge in [0, 0.05) is 0 Å². The predicted octanol–water partition coefficient (Wildman–Crippen LogP) is 5.44. The molecule has 0 aromatic carbocycles. The standard InChI is InChI=1S/C16H30/c1-6-8-12(3)9-15-11-16(15)10-14(5)13(4)7-2/h10,12-13,15-16H,6-9,11H2,1-5H3. The molecule has 4 atom stereocenters. The van der Waals surface area contributed by atoms with E-state index in [1.54, 1.807) is 5.57 Å². The zero-order valence-corrected chi connectivity index (χ0v) is 11.9. The summed E-state index contributed by atoms with van der Waals surface area (Å²) in [7, 11) is 0. The van der Waals surface area contributed by atoms with E-state index in [9.17, 15) is 0 Å². The fourth-order valence-electron chi connectivity index (χ4n) is 2.70. The third kappa shape index (κ3) is 4.31.